The summed E-state index contributed by atoms with van der Waals surface area (Å²) in [5.74, 6) is 0. The van der Waals surface area contributed by atoms with Gasteiger partial charge in [-0.3, -0.25) is 4.98 Å². The van der Waals surface area contributed by atoms with Crippen LogP contribution in [0.15, 0.2) is 36.5 Å². The lowest BCUT2D eigenvalue weighted by molar-refractivity contribution is 0.531. The summed E-state index contributed by atoms with van der Waals surface area (Å²) in [4.78, 5) is 4.40. The molecule has 0 saturated heterocycles. The van der Waals surface area contributed by atoms with Gasteiger partial charge in [0.2, 0.25) is 0 Å². The van der Waals surface area contributed by atoms with Gasteiger partial charge in [-0.15, -0.1) is 10.2 Å². The Labute approximate surface area is 128 Å². The van der Waals surface area contributed by atoms with Crippen molar-refractivity contribution in [3.8, 4) is 10.6 Å². The zero-order chi connectivity index (χ0) is 14.7. The van der Waals surface area contributed by atoms with Crippen molar-refractivity contribution in [2.24, 2.45) is 0 Å². The molecule has 1 atom stereocenters. The number of rotatable bonds is 5. The van der Waals surface area contributed by atoms with E-state index >= 15 is 0 Å². The number of hydrogen-bond donors (Lipinski definition) is 1. The second-order valence-corrected chi connectivity index (χ2v) is 5.85. The van der Waals surface area contributed by atoms with Crippen LogP contribution in [0.3, 0.4) is 0 Å². The molecule has 0 fully saturated rings. The lowest BCUT2D eigenvalue weighted by Gasteiger charge is -2.11. The highest BCUT2D eigenvalue weighted by Gasteiger charge is 2.15. The zero-order valence-corrected chi connectivity index (χ0v) is 13.0. The number of pyridine rings is 1. The van der Waals surface area contributed by atoms with Gasteiger partial charge >= 0.3 is 0 Å². The van der Waals surface area contributed by atoms with Gasteiger partial charge in [-0.1, -0.05) is 43.4 Å². The summed E-state index contributed by atoms with van der Waals surface area (Å²) in [5, 5.41) is 15.3. The van der Waals surface area contributed by atoms with E-state index in [1.54, 1.807) is 11.3 Å². The van der Waals surface area contributed by atoms with Gasteiger partial charge in [0, 0.05) is 17.1 Å². The molecule has 0 saturated carbocycles. The molecule has 0 radical (unpaired) electrons. The summed E-state index contributed by atoms with van der Waals surface area (Å²) in [6.07, 6.45) is 2.83. The monoisotopic (exact) mass is 298 g/mol. The molecule has 21 heavy (non-hydrogen) atoms. The summed E-state index contributed by atoms with van der Waals surface area (Å²) in [7, 11) is 0. The van der Waals surface area contributed by atoms with E-state index in [0.717, 1.165) is 39.4 Å². The van der Waals surface area contributed by atoms with E-state index in [1.807, 2.05) is 24.4 Å². The van der Waals surface area contributed by atoms with Crippen molar-refractivity contribution in [2.45, 2.75) is 26.3 Å². The molecule has 2 heterocycles. The van der Waals surface area contributed by atoms with Crippen LogP contribution < -0.4 is 5.32 Å². The van der Waals surface area contributed by atoms with Crippen LogP contribution in [0.2, 0.25) is 0 Å². The average Bonchev–Trinajstić information content (AvgIpc) is 3.01. The second-order valence-electron chi connectivity index (χ2n) is 4.84. The number of aromatic nitrogens is 3. The van der Waals surface area contributed by atoms with E-state index in [1.165, 1.54) is 0 Å². The first-order valence-corrected chi connectivity index (χ1v) is 8.06. The molecule has 0 aliphatic carbocycles. The van der Waals surface area contributed by atoms with Crippen molar-refractivity contribution in [2.75, 3.05) is 6.54 Å². The summed E-state index contributed by atoms with van der Waals surface area (Å²) in [5.41, 5.74) is 2.10. The molecule has 0 spiro atoms. The maximum absolute atomic E-state index is 4.40. The van der Waals surface area contributed by atoms with Crippen LogP contribution in [-0.4, -0.2) is 21.7 Å². The minimum atomic E-state index is 0.286. The van der Waals surface area contributed by atoms with Gasteiger partial charge in [0.1, 0.15) is 10.0 Å². The molecule has 0 aliphatic heterocycles. The highest BCUT2D eigenvalue weighted by molar-refractivity contribution is 7.14. The molecule has 1 N–H and O–H groups in total. The van der Waals surface area contributed by atoms with Gasteiger partial charge in [-0.2, -0.15) is 0 Å². The maximum atomic E-state index is 4.40. The van der Waals surface area contributed by atoms with E-state index in [9.17, 15) is 0 Å². The second kappa shape index (κ2) is 6.28. The largest absolute Gasteiger partial charge is 0.308 e. The number of nitrogens with zero attached hydrogens (tertiary/aromatic N) is 3. The van der Waals surface area contributed by atoms with Gasteiger partial charge in [-0.05, 0) is 25.1 Å². The number of fused-ring (bicyclic) bond motifs is 1. The van der Waals surface area contributed by atoms with Crippen LogP contribution >= 0.6 is 11.3 Å². The fraction of sp³-hybridized carbons (Fsp3) is 0.312. The summed E-state index contributed by atoms with van der Waals surface area (Å²) in [6, 6.07) is 10.5. The first kappa shape index (κ1) is 14.1. The molecule has 2 aromatic heterocycles. The molecule has 3 rings (SSSR count). The molecule has 5 heteroatoms. The third-order valence-corrected chi connectivity index (χ3v) is 4.54. The fourth-order valence-electron chi connectivity index (χ4n) is 2.43. The number of nitrogens with one attached hydrogen (secondary N) is 1. The topological polar surface area (TPSA) is 50.7 Å². The molecular weight excluding hydrogens is 280 g/mol. The van der Waals surface area contributed by atoms with Gasteiger partial charge in [0.15, 0.2) is 0 Å². The average molecular weight is 298 g/mol. The predicted octanol–water partition coefficient (Wildman–Crippen LogP) is 3.81. The van der Waals surface area contributed by atoms with E-state index in [2.05, 4.69) is 46.5 Å². The predicted molar refractivity (Wildman–Crippen MR) is 87.4 cm³/mol. The Morgan fingerprint density at radius 3 is 2.86 bits per heavy atom. The molecule has 108 valence electrons. The molecule has 1 aromatic carbocycles. The third-order valence-electron chi connectivity index (χ3n) is 3.47. The minimum Gasteiger partial charge on any atom is -0.308 e. The highest BCUT2D eigenvalue weighted by Crippen LogP contribution is 2.32. The SMILES string of the molecule is CCNC(CC)c1nnc(-c2cccc3ncccc23)s1. The van der Waals surface area contributed by atoms with E-state index < -0.39 is 0 Å². The van der Waals surface area contributed by atoms with Crippen LogP contribution in [-0.2, 0) is 0 Å². The lowest BCUT2D eigenvalue weighted by Crippen LogP contribution is -2.19. The molecule has 4 nitrogen and oxygen atoms in total. The number of hydrogen-bond acceptors (Lipinski definition) is 5. The Balaban J connectivity index is 2.02. The van der Waals surface area contributed by atoms with Crippen molar-refractivity contribution in [1.82, 2.24) is 20.5 Å². The smallest absolute Gasteiger partial charge is 0.148 e. The van der Waals surface area contributed by atoms with Gasteiger partial charge < -0.3 is 5.32 Å². The van der Waals surface area contributed by atoms with Gasteiger partial charge in [0.05, 0.1) is 11.6 Å². The lowest BCUT2D eigenvalue weighted by atomic mass is 10.1. The summed E-state index contributed by atoms with van der Waals surface area (Å²) in [6.45, 7) is 5.21. The Morgan fingerprint density at radius 2 is 2.05 bits per heavy atom. The van der Waals surface area contributed by atoms with Crippen molar-refractivity contribution >= 4 is 22.2 Å². The Morgan fingerprint density at radius 1 is 1.14 bits per heavy atom. The number of benzene rings is 1. The molecule has 0 bridgehead atoms. The third kappa shape index (κ3) is 2.80. The zero-order valence-electron chi connectivity index (χ0n) is 12.2. The first-order chi connectivity index (χ1) is 10.3. The van der Waals surface area contributed by atoms with Gasteiger partial charge in [-0.25, -0.2) is 0 Å². The Kier molecular flexibility index (Phi) is 4.22. The van der Waals surface area contributed by atoms with Crippen molar-refractivity contribution in [3.05, 3.63) is 41.5 Å². The highest BCUT2D eigenvalue weighted by atomic mass is 32.1. The van der Waals surface area contributed by atoms with Crippen LogP contribution in [0.25, 0.3) is 21.5 Å². The van der Waals surface area contributed by atoms with E-state index in [4.69, 9.17) is 0 Å². The van der Waals surface area contributed by atoms with Crippen LogP contribution in [0.4, 0.5) is 0 Å². The molecule has 3 aromatic rings. The normalized spacial score (nSPS) is 12.7. The molecule has 1 unspecified atom stereocenters. The fourth-order valence-corrected chi connectivity index (χ4v) is 3.47. The van der Waals surface area contributed by atoms with Crippen LogP contribution in [0.5, 0.6) is 0 Å². The molecule has 0 amide bonds. The van der Waals surface area contributed by atoms with Crippen molar-refractivity contribution < 1.29 is 0 Å². The van der Waals surface area contributed by atoms with Crippen molar-refractivity contribution in [1.29, 1.82) is 0 Å². The van der Waals surface area contributed by atoms with E-state index in [0.29, 0.717) is 0 Å². The van der Waals surface area contributed by atoms with Crippen LogP contribution in [0, 0.1) is 0 Å². The van der Waals surface area contributed by atoms with E-state index in [-0.39, 0.29) is 6.04 Å². The molecular formula is C16H18N4S. The summed E-state index contributed by atoms with van der Waals surface area (Å²) < 4.78 is 0. The Bertz CT molecular complexity index is 732. The van der Waals surface area contributed by atoms with Crippen molar-refractivity contribution in [3.63, 3.8) is 0 Å². The van der Waals surface area contributed by atoms with Gasteiger partial charge in [0.25, 0.3) is 0 Å². The minimum absolute atomic E-state index is 0.286. The Hall–Kier alpha value is -1.85. The maximum Gasteiger partial charge on any atom is 0.148 e. The molecule has 0 aliphatic rings. The quantitative estimate of drug-likeness (QED) is 0.778. The first-order valence-electron chi connectivity index (χ1n) is 7.24. The standard InChI is InChI=1S/C16H18N4S/c1-3-13(17-4-2)16-20-19-15(21-16)12-7-5-9-14-11(12)8-6-10-18-14/h5-10,13,17H,3-4H2,1-2H3. The summed E-state index contributed by atoms with van der Waals surface area (Å²) >= 11 is 1.66. The van der Waals surface area contributed by atoms with Crippen LogP contribution in [0.1, 0.15) is 31.3 Å².